The van der Waals surface area contributed by atoms with E-state index in [4.69, 9.17) is 13.9 Å². The number of rotatable bonds is 6. The zero-order valence-corrected chi connectivity index (χ0v) is 23.7. The van der Waals surface area contributed by atoms with Crippen LogP contribution in [0.25, 0.3) is 17.4 Å². The highest BCUT2D eigenvalue weighted by molar-refractivity contribution is 9.10. The second-order valence-electron chi connectivity index (χ2n) is 8.62. The Bertz CT molecular complexity index is 1780. The summed E-state index contributed by atoms with van der Waals surface area (Å²) in [4.78, 5) is 43.5. The van der Waals surface area contributed by atoms with E-state index in [1.165, 1.54) is 23.0 Å². The van der Waals surface area contributed by atoms with Crippen molar-refractivity contribution in [2.45, 2.75) is 19.9 Å². The average molecular weight is 607 g/mol. The maximum absolute atomic E-state index is 13.7. The largest absolute Gasteiger partial charge is 0.465 e. The van der Waals surface area contributed by atoms with Crippen LogP contribution in [0.2, 0.25) is 0 Å². The number of ether oxygens (including phenoxy) is 2. The summed E-state index contributed by atoms with van der Waals surface area (Å²) in [5.74, 6) is 0.141. The van der Waals surface area contributed by atoms with Gasteiger partial charge in [0.1, 0.15) is 11.5 Å². The quantitative estimate of drug-likeness (QED) is 0.297. The van der Waals surface area contributed by atoms with Crippen LogP contribution >= 0.6 is 27.3 Å². The van der Waals surface area contributed by atoms with Gasteiger partial charge in [-0.2, -0.15) is 0 Å². The van der Waals surface area contributed by atoms with E-state index in [0.29, 0.717) is 37.7 Å². The molecule has 0 N–H and O–H groups in total. The highest BCUT2D eigenvalue weighted by atomic mass is 79.9. The molecule has 198 valence electrons. The fourth-order valence-electron chi connectivity index (χ4n) is 4.36. The molecule has 0 bridgehead atoms. The van der Waals surface area contributed by atoms with Crippen molar-refractivity contribution in [3.63, 3.8) is 0 Å². The summed E-state index contributed by atoms with van der Waals surface area (Å²) < 4.78 is 18.9. The zero-order valence-electron chi connectivity index (χ0n) is 21.3. The first kappa shape index (κ1) is 26.6. The van der Waals surface area contributed by atoms with Gasteiger partial charge in [0, 0.05) is 16.1 Å². The summed E-state index contributed by atoms with van der Waals surface area (Å²) in [5.41, 5.74) is 2.51. The molecule has 0 unspecified atom stereocenters. The Hall–Kier alpha value is -4.02. The van der Waals surface area contributed by atoms with Gasteiger partial charge >= 0.3 is 11.9 Å². The molecule has 39 heavy (non-hydrogen) atoms. The lowest BCUT2D eigenvalue weighted by Gasteiger charge is -2.24. The topological polar surface area (TPSA) is 100 Å². The molecule has 1 aliphatic rings. The predicted octanol–water partition coefficient (Wildman–Crippen LogP) is 4.61. The van der Waals surface area contributed by atoms with Crippen molar-refractivity contribution in [2.75, 3.05) is 13.7 Å². The zero-order chi connectivity index (χ0) is 27.7. The van der Waals surface area contributed by atoms with Crippen molar-refractivity contribution in [2.24, 2.45) is 4.99 Å². The van der Waals surface area contributed by atoms with Gasteiger partial charge in [-0.05, 0) is 55.8 Å². The van der Waals surface area contributed by atoms with Gasteiger partial charge in [0.2, 0.25) is 0 Å². The molecule has 0 saturated carbocycles. The van der Waals surface area contributed by atoms with E-state index in [0.717, 1.165) is 15.6 Å². The molecule has 3 heterocycles. The number of hydrogen-bond donors (Lipinski definition) is 0. The van der Waals surface area contributed by atoms with Crippen molar-refractivity contribution >= 4 is 45.3 Å². The van der Waals surface area contributed by atoms with Gasteiger partial charge in [0.25, 0.3) is 5.56 Å². The summed E-state index contributed by atoms with van der Waals surface area (Å²) in [6.45, 7) is 3.70. The molecule has 8 nitrogen and oxygen atoms in total. The monoisotopic (exact) mass is 606 g/mol. The van der Waals surface area contributed by atoms with Crippen molar-refractivity contribution < 1.29 is 23.5 Å². The molecule has 0 radical (unpaired) electrons. The molecule has 5 rings (SSSR count). The van der Waals surface area contributed by atoms with Gasteiger partial charge in [0.15, 0.2) is 4.80 Å². The first-order chi connectivity index (χ1) is 18.8. The minimum absolute atomic E-state index is 0.208. The summed E-state index contributed by atoms with van der Waals surface area (Å²) in [5, 5.41) is 0. The van der Waals surface area contributed by atoms with Crippen LogP contribution in [0.5, 0.6) is 0 Å². The Labute approximate surface area is 235 Å². The summed E-state index contributed by atoms with van der Waals surface area (Å²) in [7, 11) is 1.33. The third-order valence-corrected chi connectivity index (χ3v) is 7.71. The normalized spacial score (nSPS) is 15.1. The first-order valence-electron chi connectivity index (χ1n) is 12.0. The highest BCUT2D eigenvalue weighted by Crippen LogP contribution is 2.31. The molecular formula is C29H23BrN2O6S. The number of fused-ring (bicyclic) bond motifs is 1. The lowest BCUT2D eigenvalue weighted by molar-refractivity contribution is -0.139. The number of thiazole rings is 1. The average Bonchev–Trinajstić information content (AvgIpc) is 3.52. The number of methoxy groups -OCH3 is 1. The Kier molecular flexibility index (Phi) is 7.49. The number of nitrogens with zero attached hydrogens (tertiary/aromatic N) is 2. The number of aromatic nitrogens is 1. The van der Waals surface area contributed by atoms with Crippen LogP contribution in [-0.2, 0) is 14.3 Å². The third kappa shape index (κ3) is 5.17. The van der Waals surface area contributed by atoms with Crippen LogP contribution < -0.4 is 14.9 Å². The molecule has 1 atom stereocenters. The van der Waals surface area contributed by atoms with Crippen LogP contribution in [0.15, 0.2) is 90.6 Å². The molecule has 2 aromatic carbocycles. The van der Waals surface area contributed by atoms with Crippen molar-refractivity contribution in [1.29, 1.82) is 0 Å². The summed E-state index contributed by atoms with van der Waals surface area (Å²) in [6.07, 6.45) is 1.66. The SMILES string of the molecule is CCOC(=O)C1=C(C)N=c2sc(=Cc3ccc(-c4ccc(C(=O)OC)cc4)o3)c(=O)n2[C@H]1c1ccc(Br)cc1. The van der Waals surface area contributed by atoms with E-state index >= 15 is 0 Å². The Balaban J connectivity index is 1.57. The first-order valence-corrected chi connectivity index (χ1v) is 13.7. The van der Waals surface area contributed by atoms with Gasteiger partial charge in [0.05, 0.1) is 41.1 Å². The van der Waals surface area contributed by atoms with Crippen LogP contribution in [-0.4, -0.2) is 30.2 Å². The minimum atomic E-state index is -0.684. The predicted molar refractivity (Wildman–Crippen MR) is 150 cm³/mol. The van der Waals surface area contributed by atoms with Gasteiger partial charge in [-0.1, -0.05) is 51.5 Å². The second kappa shape index (κ2) is 11.0. The van der Waals surface area contributed by atoms with Crippen LogP contribution in [0.4, 0.5) is 0 Å². The van der Waals surface area contributed by atoms with E-state index in [-0.39, 0.29) is 12.2 Å². The molecule has 0 spiro atoms. The lowest BCUT2D eigenvalue weighted by Crippen LogP contribution is -2.39. The van der Waals surface area contributed by atoms with Gasteiger partial charge in [-0.3, -0.25) is 9.36 Å². The third-order valence-electron chi connectivity index (χ3n) is 6.19. The molecular weight excluding hydrogens is 584 g/mol. The highest BCUT2D eigenvalue weighted by Gasteiger charge is 2.33. The number of halogens is 1. The van der Waals surface area contributed by atoms with E-state index in [2.05, 4.69) is 20.9 Å². The summed E-state index contributed by atoms with van der Waals surface area (Å²) >= 11 is 4.67. The van der Waals surface area contributed by atoms with E-state index < -0.39 is 18.0 Å². The smallest absolute Gasteiger partial charge is 0.338 e. The maximum Gasteiger partial charge on any atom is 0.338 e. The Morgan fingerprint density at radius 1 is 1.08 bits per heavy atom. The number of carbonyl (C=O) groups is 2. The number of furan rings is 1. The fraction of sp³-hybridized carbons (Fsp3) is 0.172. The molecule has 4 aromatic rings. The number of benzene rings is 2. The summed E-state index contributed by atoms with van der Waals surface area (Å²) in [6, 6.07) is 17.2. The van der Waals surface area contributed by atoms with Crippen molar-refractivity contribution in [1.82, 2.24) is 4.57 Å². The van der Waals surface area contributed by atoms with Gasteiger partial charge < -0.3 is 13.9 Å². The number of hydrogen-bond acceptors (Lipinski definition) is 8. The molecule has 0 amide bonds. The molecule has 2 aromatic heterocycles. The Morgan fingerprint density at radius 2 is 1.79 bits per heavy atom. The molecule has 10 heteroatoms. The molecule has 0 aliphatic carbocycles. The van der Waals surface area contributed by atoms with Crippen LogP contribution in [0.1, 0.15) is 41.6 Å². The van der Waals surface area contributed by atoms with Gasteiger partial charge in [-0.25, -0.2) is 14.6 Å². The Morgan fingerprint density at radius 3 is 2.46 bits per heavy atom. The molecule has 0 saturated heterocycles. The minimum Gasteiger partial charge on any atom is -0.465 e. The number of carbonyl (C=O) groups excluding carboxylic acids is 2. The standard InChI is InChI=1S/C29H23BrN2O6S/c1-4-37-28(35)24-16(2)31-29-32(25(24)18-9-11-20(30)12-10-18)26(33)23(39-29)15-21-13-14-22(38-21)17-5-7-19(8-6-17)27(34)36-3/h5-15,25H,4H2,1-3H3/t25-/m0/s1. The van der Waals surface area contributed by atoms with E-state index in [1.54, 1.807) is 56.3 Å². The lowest BCUT2D eigenvalue weighted by atomic mass is 9.96. The fourth-order valence-corrected chi connectivity index (χ4v) is 5.65. The maximum atomic E-state index is 13.7. The second-order valence-corrected chi connectivity index (χ2v) is 10.5. The van der Waals surface area contributed by atoms with E-state index in [9.17, 15) is 14.4 Å². The number of esters is 2. The van der Waals surface area contributed by atoms with Crippen LogP contribution in [0, 0.1) is 0 Å². The number of allylic oxidation sites excluding steroid dienone is 1. The van der Waals surface area contributed by atoms with Crippen LogP contribution in [0.3, 0.4) is 0 Å². The van der Waals surface area contributed by atoms with E-state index in [1.807, 2.05) is 24.3 Å². The van der Waals surface area contributed by atoms with Crippen molar-refractivity contribution in [3.8, 4) is 11.3 Å². The molecule has 0 fully saturated rings. The molecule has 1 aliphatic heterocycles. The van der Waals surface area contributed by atoms with Crippen molar-refractivity contribution in [3.05, 3.63) is 113 Å². The van der Waals surface area contributed by atoms with Gasteiger partial charge in [-0.15, -0.1) is 0 Å².